The van der Waals surface area contributed by atoms with Crippen molar-refractivity contribution < 1.29 is 46.8 Å². The Hall–Kier alpha value is -5.18. The number of amides is 1. The van der Waals surface area contributed by atoms with E-state index in [1.54, 1.807) is 24.3 Å². The highest BCUT2D eigenvalue weighted by Crippen LogP contribution is 2.38. The summed E-state index contributed by atoms with van der Waals surface area (Å²) in [6.07, 6.45) is 4.65. The highest BCUT2D eigenvalue weighted by molar-refractivity contribution is 6.35. The number of nitrogens with one attached hydrogen (secondary N) is 2. The van der Waals surface area contributed by atoms with Gasteiger partial charge in [-0.05, 0) is 92.1 Å². The van der Waals surface area contributed by atoms with Crippen LogP contribution in [0.25, 0.3) is 0 Å². The molecule has 1 aliphatic carbocycles. The fraction of sp³-hybridized carbons (Fsp3) is 0.381. The van der Waals surface area contributed by atoms with Gasteiger partial charge in [0.15, 0.2) is 29.9 Å². The largest absolute Gasteiger partial charge is 0.619 e. The van der Waals surface area contributed by atoms with Gasteiger partial charge in [-0.3, -0.25) is 14.5 Å². The van der Waals surface area contributed by atoms with Crippen molar-refractivity contribution >= 4 is 46.7 Å². The van der Waals surface area contributed by atoms with Crippen LogP contribution in [0.1, 0.15) is 64.9 Å². The Balaban J connectivity index is 1.04. The van der Waals surface area contributed by atoms with E-state index in [-0.39, 0.29) is 51.8 Å². The molecule has 4 aliphatic rings. The predicted molar refractivity (Wildman–Crippen MR) is 210 cm³/mol. The van der Waals surface area contributed by atoms with Crippen LogP contribution in [-0.2, 0) is 25.5 Å². The Bertz CT molecular complexity index is 2080. The van der Waals surface area contributed by atoms with E-state index >= 15 is 0 Å². The molecule has 4 aromatic rings. The van der Waals surface area contributed by atoms with E-state index < -0.39 is 43.1 Å². The zero-order valence-corrected chi connectivity index (χ0v) is 32.8. The highest BCUT2D eigenvalue weighted by Gasteiger charge is 2.38. The number of piperidine rings is 3. The molecular formula is C42H42Cl2F2N4O8. The fourth-order valence-corrected chi connectivity index (χ4v) is 7.82. The molecule has 12 nitrogen and oxygen atoms in total. The molecule has 3 saturated heterocycles. The number of rotatable bonds is 17. The molecule has 2 N–H and O–H groups in total. The van der Waals surface area contributed by atoms with Gasteiger partial charge in [0.05, 0.1) is 6.61 Å². The van der Waals surface area contributed by atoms with Gasteiger partial charge in [-0.1, -0.05) is 65.7 Å². The summed E-state index contributed by atoms with van der Waals surface area (Å²) in [5.74, 6) is -1.41. The van der Waals surface area contributed by atoms with Crippen LogP contribution in [0.3, 0.4) is 0 Å². The van der Waals surface area contributed by atoms with Crippen molar-refractivity contribution in [3.63, 3.8) is 0 Å². The second kappa shape index (κ2) is 18.6. The van der Waals surface area contributed by atoms with Gasteiger partial charge in [-0.2, -0.15) is 13.5 Å². The number of ether oxygens (including phenoxy) is 4. The number of nitrogens with zero attached hydrogens (tertiary/aromatic N) is 2. The zero-order valence-electron chi connectivity index (χ0n) is 31.3. The smallest absolute Gasteiger partial charge is 0.387 e. The number of halogens is 4. The molecule has 58 heavy (non-hydrogen) atoms. The van der Waals surface area contributed by atoms with E-state index in [1.165, 1.54) is 18.2 Å². The van der Waals surface area contributed by atoms with Crippen LogP contribution in [0.15, 0.2) is 85.2 Å². The minimum atomic E-state index is -3.11. The van der Waals surface area contributed by atoms with Crippen LogP contribution >= 0.6 is 23.2 Å². The molecule has 3 atom stereocenters. The van der Waals surface area contributed by atoms with Crippen molar-refractivity contribution in [3.05, 3.63) is 123 Å². The summed E-state index contributed by atoms with van der Waals surface area (Å²) in [6, 6.07) is 19.0. The van der Waals surface area contributed by atoms with Crippen LogP contribution < -0.4 is 24.8 Å². The monoisotopic (exact) mass is 838 g/mol. The number of aromatic nitrogens is 1. The van der Waals surface area contributed by atoms with Crippen LogP contribution in [0, 0.1) is 17.0 Å². The van der Waals surface area contributed by atoms with E-state index in [0.29, 0.717) is 39.9 Å². The molecule has 3 aliphatic heterocycles. The first-order chi connectivity index (χ1) is 28.0. The first-order valence-electron chi connectivity index (χ1n) is 19.1. The molecule has 1 amide bonds. The lowest BCUT2D eigenvalue weighted by Gasteiger charge is -2.44. The molecular weight excluding hydrogens is 797 g/mol. The van der Waals surface area contributed by atoms with E-state index in [9.17, 15) is 28.4 Å². The highest BCUT2D eigenvalue weighted by atomic mass is 35.5. The molecule has 4 fully saturated rings. The van der Waals surface area contributed by atoms with Gasteiger partial charge in [0, 0.05) is 29.8 Å². The summed E-state index contributed by atoms with van der Waals surface area (Å²) in [4.78, 5) is 42.8. The quantitative estimate of drug-likeness (QED) is 0.0645. The lowest BCUT2D eigenvalue weighted by Crippen LogP contribution is -2.52. The number of fused-ring (bicyclic) bond motifs is 3. The van der Waals surface area contributed by atoms with Crippen molar-refractivity contribution in [1.82, 2.24) is 10.2 Å². The van der Waals surface area contributed by atoms with E-state index in [1.807, 2.05) is 30.3 Å². The predicted octanol–water partition coefficient (Wildman–Crippen LogP) is 7.06. The molecule has 8 rings (SSSR count). The molecule has 2 unspecified atom stereocenters. The second-order valence-corrected chi connectivity index (χ2v) is 15.5. The first kappa shape index (κ1) is 41.0. The Morgan fingerprint density at radius 1 is 0.897 bits per heavy atom. The average molecular weight is 840 g/mol. The number of hydrogen-bond acceptors (Lipinski definition) is 10. The van der Waals surface area contributed by atoms with Gasteiger partial charge in [0.1, 0.15) is 28.8 Å². The number of hydrogen-bond donors (Lipinski definition) is 2. The maximum Gasteiger partial charge on any atom is 0.387 e. The van der Waals surface area contributed by atoms with Gasteiger partial charge in [-0.15, -0.1) is 0 Å². The van der Waals surface area contributed by atoms with Crippen LogP contribution in [0.4, 0.5) is 14.5 Å². The normalized spacial score (nSPS) is 19.5. The van der Waals surface area contributed by atoms with Gasteiger partial charge in [0.2, 0.25) is 0 Å². The van der Waals surface area contributed by atoms with Gasteiger partial charge >= 0.3 is 18.6 Å². The first-order valence-corrected chi connectivity index (χ1v) is 19.8. The molecule has 0 radical (unpaired) electrons. The standard InChI is InChI=1S/C42H42Cl2F2N4O8/c43-32-21-50(54)22-33(44)31(32)19-35(28-11-12-34(58-42(45)46)36(18-28)55-24-25-9-10-25)56-38(51)20-47-40(52)29-7-4-8-30(17-29)48-39(27-5-2-1-3-6-27)41(53)57-37-23-49-15-13-26(37)14-16-49/h1-8,11-12,17-18,21-22,25-26,35,37,39,42,48H,9-10,13-16,19-20,23-24H2,(H,47,52)/t35?,37-,39?/m0/s1. The molecule has 4 heterocycles. The number of esters is 2. The number of carbonyl (C=O) groups is 3. The topological polar surface area (TPSA) is 142 Å². The molecule has 2 bridgehead atoms. The lowest BCUT2D eigenvalue weighted by atomic mass is 9.86. The molecule has 16 heteroatoms. The van der Waals surface area contributed by atoms with Crippen molar-refractivity contribution in [1.29, 1.82) is 0 Å². The van der Waals surface area contributed by atoms with Crippen molar-refractivity contribution in [2.24, 2.45) is 11.8 Å². The molecule has 306 valence electrons. The SMILES string of the molecule is O=C(CNC(=O)c1cccc(NC(C(=O)O[C@H]2CN3CCC2CC3)c2ccccc2)c1)OC(Cc1c(Cl)c[n+]([O-])cc1Cl)c1ccc(OC(F)F)c(OCC2CC2)c1. The van der Waals surface area contributed by atoms with Crippen molar-refractivity contribution in [2.75, 3.05) is 38.1 Å². The van der Waals surface area contributed by atoms with Gasteiger partial charge in [0.25, 0.3) is 5.91 Å². The molecule has 0 spiro atoms. The number of carbonyl (C=O) groups excluding carboxylic acids is 3. The summed E-state index contributed by atoms with van der Waals surface area (Å²) >= 11 is 12.7. The Morgan fingerprint density at radius 3 is 2.31 bits per heavy atom. The maximum absolute atomic E-state index is 13.7. The summed E-state index contributed by atoms with van der Waals surface area (Å²) in [5, 5.41) is 17.8. The summed E-state index contributed by atoms with van der Waals surface area (Å²) in [5.41, 5.74) is 2.00. The fourth-order valence-electron chi connectivity index (χ4n) is 7.22. The summed E-state index contributed by atoms with van der Waals surface area (Å²) in [7, 11) is 0. The zero-order chi connectivity index (χ0) is 40.8. The van der Waals surface area contributed by atoms with E-state index in [4.69, 9.17) is 37.4 Å². The molecule has 3 aromatic carbocycles. The molecule has 1 saturated carbocycles. The second-order valence-electron chi connectivity index (χ2n) is 14.7. The van der Waals surface area contributed by atoms with Gasteiger partial charge in [-0.25, -0.2) is 4.79 Å². The third-order valence-corrected chi connectivity index (χ3v) is 11.2. The lowest BCUT2D eigenvalue weighted by molar-refractivity contribution is -0.605. The van der Waals surface area contributed by atoms with Crippen molar-refractivity contribution in [3.8, 4) is 11.5 Å². The van der Waals surface area contributed by atoms with Crippen molar-refractivity contribution in [2.45, 2.75) is 57.0 Å². The third kappa shape index (κ3) is 10.7. The summed E-state index contributed by atoms with van der Waals surface area (Å²) in [6.45, 7) is -0.639. The number of anilines is 1. The Labute approximate surface area is 343 Å². The van der Waals surface area contributed by atoms with E-state index in [0.717, 1.165) is 51.2 Å². The average Bonchev–Trinajstić information content (AvgIpc) is 4.05. The van der Waals surface area contributed by atoms with Gasteiger partial charge < -0.3 is 34.8 Å². The molecule has 1 aromatic heterocycles. The van der Waals surface area contributed by atoms with Crippen LogP contribution in [0.2, 0.25) is 10.0 Å². The van der Waals surface area contributed by atoms with Crippen LogP contribution in [0.5, 0.6) is 11.5 Å². The third-order valence-electron chi connectivity index (χ3n) is 10.5. The van der Waals surface area contributed by atoms with E-state index in [2.05, 4.69) is 20.3 Å². The summed E-state index contributed by atoms with van der Waals surface area (Å²) < 4.78 is 49.4. The van der Waals surface area contributed by atoms with Crippen LogP contribution in [-0.4, -0.2) is 68.2 Å². The Morgan fingerprint density at radius 2 is 1.64 bits per heavy atom. The minimum Gasteiger partial charge on any atom is -0.619 e. The number of alkyl halides is 2. The minimum absolute atomic E-state index is 0.00923. The number of benzene rings is 3. The number of pyridine rings is 1. The Kier molecular flexibility index (Phi) is 13.1. The maximum atomic E-state index is 13.7.